The second-order valence-electron chi connectivity index (χ2n) is 6.21. The number of nitrogens with zero attached hydrogens (tertiary/aromatic N) is 2. The minimum Gasteiger partial charge on any atom is -0.387 e. The van der Waals surface area contributed by atoms with Gasteiger partial charge in [0.25, 0.3) is 5.91 Å². The molecule has 6 nitrogen and oxygen atoms in total. The molecule has 1 aliphatic rings. The van der Waals surface area contributed by atoms with Gasteiger partial charge in [0, 0.05) is 30.3 Å². The number of β-amino-alcohol motifs (C(OH)–C–C–N with tert-alkyl or cyclic N) is 1. The molecule has 7 heteroatoms. The van der Waals surface area contributed by atoms with E-state index in [0.717, 1.165) is 25.1 Å². The van der Waals surface area contributed by atoms with E-state index < -0.39 is 17.8 Å². The first-order chi connectivity index (χ1) is 11.5. The summed E-state index contributed by atoms with van der Waals surface area (Å²) in [6.07, 6.45) is 1.06. The number of rotatable bonds is 5. The largest absolute Gasteiger partial charge is 0.387 e. The summed E-state index contributed by atoms with van der Waals surface area (Å²) in [5, 5.41) is 17.1. The average Bonchev–Trinajstić information content (AvgIpc) is 3.06. The molecule has 1 aromatic heterocycles. The number of likely N-dealkylation sites (tertiary alicyclic amines) is 1. The van der Waals surface area contributed by atoms with E-state index in [1.807, 2.05) is 0 Å². The van der Waals surface area contributed by atoms with Crippen molar-refractivity contribution in [2.24, 2.45) is 5.73 Å². The second-order valence-corrected chi connectivity index (χ2v) is 6.21. The predicted octanol–water partition coefficient (Wildman–Crippen LogP) is 1.56. The summed E-state index contributed by atoms with van der Waals surface area (Å²) < 4.78 is 13.8. The smallest absolute Gasteiger partial charge is 0.269 e. The van der Waals surface area contributed by atoms with Crippen molar-refractivity contribution in [3.63, 3.8) is 0 Å². The van der Waals surface area contributed by atoms with E-state index in [2.05, 4.69) is 15.1 Å². The first-order valence-corrected chi connectivity index (χ1v) is 8.04. The Labute approximate surface area is 139 Å². The van der Waals surface area contributed by atoms with Crippen LogP contribution in [0.3, 0.4) is 0 Å². The van der Waals surface area contributed by atoms with Crippen molar-refractivity contribution in [3.8, 4) is 0 Å². The van der Waals surface area contributed by atoms with Crippen molar-refractivity contribution in [2.75, 3.05) is 19.6 Å². The fourth-order valence-electron chi connectivity index (χ4n) is 3.24. The van der Waals surface area contributed by atoms with E-state index >= 15 is 0 Å². The van der Waals surface area contributed by atoms with Crippen molar-refractivity contribution in [1.82, 2.24) is 15.1 Å². The Kier molecular flexibility index (Phi) is 4.92. The molecule has 2 atom stereocenters. The molecule has 0 unspecified atom stereocenters. The number of aliphatic hydroxyl groups excluding tert-OH is 1. The van der Waals surface area contributed by atoms with Crippen molar-refractivity contribution in [3.05, 3.63) is 53.1 Å². The Bertz CT molecular complexity index is 718. The molecule has 1 aliphatic heterocycles. The minimum atomic E-state index is -0.868. The number of piperidine rings is 1. The molecular weight excluding hydrogens is 311 g/mol. The van der Waals surface area contributed by atoms with Gasteiger partial charge in [0.2, 0.25) is 0 Å². The van der Waals surface area contributed by atoms with Gasteiger partial charge in [-0.25, -0.2) is 4.39 Å². The predicted molar refractivity (Wildman–Crippen MR) is 86.9 cm³/mol. The summed E-state index contributed by atoms with van der Waals surface area (Å²) >= 11 is 0. The summed E-state index contributed by atoms with van der Waals surface area (Å²) in [7, 11) is 0. The molecule has 1 amide bonds. The Morgan fingerprint density at radius 2 is 2.29 bits per heavy atom. The Balaban J connectivity index is 1.65. The first kappa shape index (κ1) is 16.6. The normalized spacial score (nSPS) is 20.0. The number of aliphatic hydroxyl groups is 1. The average molecular weight is 332 g/mol. The fraction of sp³-hybridized carbons (Fsp3) is 0.412. The summed E-state index contributed by atoms with van der Waals surface area (Å²) in [4.78, 5) is 13.3. The van der Waals surface area contributed by atoms with E-state index in [1.54, 1.807) is 24.3 Å². The maximum absolute atomic E-state index is 13.8. The lowest BCUT2D eigenvalue weighted by Crippen LogP contribution is -2.37. The molecule has 128 valence electrons. The third-order valence-electron chi connectivity index (χ3n) is 4.49. The van der Waals surface area contributed by atoms with Crippen LogP contribution in [0.15, 0.2) is 30.3 Å². The number of aromatic nitrogens is 2. The van der Waals surface area contributed by atoms with E-state index in [1.165, 1.54) is 6.07 Å². The van der Waals surface area contributed by atoms with Crippen molar-refractivity contribution in [2.45, 2.75) is 24.9 Å². The topological polar surface area (TPSA) is 95.2 Å². The summed E-state index contributed by atoms with van der Waals surface area (Å²) in [5.41, 5.74) is 6.64. The monoisotopic (exact) mass is 332 g/mol. The highest BCUT2D eigenvalue weighted by Gasteiger charge is 2.25. The van der Waals surface area contributed by atoms with Crippen LogP contribution in [0.2, 0.25) is 0 Å². The molecule has 1 fully saturated rings. The highest BCUT2D eigenvalue weighted by Crippen LogP contribution is 2.27. The third kappa shape index (κ3) is 3.63. The number of halogens is 1. The van der Waals surface area contributed by atoms with Crippen LogP contribution in [0, 0.1) is 5.82 Å². The van der Waals surface area contributed by atoms with Crippen LogP contribution in [0.4, 0.5) is 4.39 Å². The number of carbonyl (C=O) groups excluding carboxylic acids is 1. The SMILES string of the molecule is NC(=O)c1cc([C@H]2CCCN(C[C@H](O)c3ccccc3F)C2)[nH]n1. The molecule has 1 saturated heterocycles. The molecule has 0 saturated carbocycles. The minimum absolute atomic E-state index is 0.187. The molecule has 0 spiro atoms. The highest BCUT2D eigenvalue weighted by molar-refractivity contribution is 5.90. The molecular formula is C17H21FN4O2. The molecule has 0 radical (unpaired) electrons. The molecule has 4 N–H and O–H groups in total. The number of carbonyl (C=O) groups is 1. The lowest BCUT2D eigenvalue weighted by Gasteiger charge is -2.33. The zero-order valence-electron chi connectivity index (χ0n) is 13.3. The standard InChI is InChI=1S/C17H21FN4O2/c18-13-6-2-1-5-12(13)16(23)10-22-7-3-4-11(9-22)14-8-15(17(19)24)21-20-14/h1-2,5-6,8,11,16,23H,3-4,7,9-10H2,(H2,19,24)(H,20,21)/t11-,16-/m0/s1. The van der Waals surface area contributed by atoms with Gasteiger partial charge in [0.1, 0.15) is 11.5 Å². The van der Waals surface area contributed by atoms with Gasteiger partial charge in [-0.3, -0.25) is 14.8 Å². The quantitative estimate of drug-likeness (QED) is 0.774. The number of H-pyrrole nitrogens is 1. The van der Waals surface area contributed by atoms with Gasteiger partial charge < -0.3 is 10.8 Å². The number of aromatic amines is 1. The van der Waals surface area contributed by atoms with Gasteiger partial charge in [0.15, 0.2) is 0 Å². The number of primary amides is 1. The summed E-state index contributed by atoms with van der Waals surface area (Å²) in [6.45, 7) is 1.93. The van der Waals surface area contributed by atoms with Crippen LogP contribution in [0.25, 0.3) is 0 Å². The fourth-order valence-corrected chi connectivity index (χ4v) is 3.24. The van der Waals surface area contributed by atoms with E-state index in [-0.39, 0.29) is 11.6 Å². The van der Waals surface area contributed by atoms with Crippen LogP contribution in [0.5, 0.6) is 0 Å². The van der Waals surface area contributed by atoms with Crippen LogP contribution in [-0.4, -0.2) is 45.7 Å². The highest BCUT2D eigenvalue weighted by atomic mass is 19.1. The number of hydrogen-bond acceptors (Lipinski definition) is 4. The Hall–Kier alpha value is -2.25. The van der Waals surface area contributed by atoms with E-state index in [4.69, 9.17) is 5.73 Å². The summed E-state index contributed by atoms with van der Waals surface area (Å²) in [6, 6.07) is 7.97. The number of amides is 1. The molecule has 2 heterocycles. The zero-order valence-corrected chi connectivity index (χ0v) is 13.3. The van der Waals surface area contributed by atoms with Gasteiger partial charge in [-0.1, -0.05) is 18.2 Å². The molecule has 2 aromatic rings. The third-order valence-corrected chi connectivity index (χ3v) is 4.49. The van der Waals surface area contributed by atoms with E-state index in [0.29, 0.717) is 18.7 Å². The maximum Gasteiger partial charge on any atom is 0.269 e. The Morgan fingerprint density at radius 3 is 3.00 bits per heavy atom. The number of nitrogens with two attached hydrogens (primary N) is 1. The molecule has 24 heavy (non-hydrogen) atoms. The van der Waals surface area contributed by atoms with Crippen molar-refractivity contribution < 1.29 is 14.3 Å². The number of benzene rings is 1. The lowest BCUT2D eigenvalue weighted by molar-refractivity contribution is 0.0926. The van der Waals surface area contributed by atoms with Gasteiger partial charge in [0.05, 0.1) is 6.10 Å². The number of hydrogen-bond donors (Lipinski definition) is 3. The van der Waals surface area contributed by atoms with Crippen molar-refractivity contribution in [1.29, 1.82) is 0 Å². The van der Waals surface area contributed by atoms with Gasteiger partial charge in [-0.05, 0) is 31.5 Å². The summed E-state index contributed by atoms with van der Waals surface area (Å²) in [5.74, 6) is -0.759. The van der Waals surface area contributed by atoms with Crippen LogP contribution in [-0.2, 0) is 0 Å². The van der Waals surface area contributed by atoms with Gasteiger partial charge in [-0.15, -0.1) is 0 Å². The maximum atomic E-state index is 13.8. The Morgan fingerprint density at radius 1 is 1.50 bits per heavy atom. The van der Waals surface area contributed by atoms with Crippen LogP contribution >= 0.6 is 0 Å². The van der Waals surface area contributed by atoms with Crippen LogP contribution < -0.4 is 5.73 Å². The van der Waals surface area contributed by atoms with E-state index in [9.17, 15) is 14.3 Å². The number of nitrogens with one attached hydrogen (secondary N) is 1. The first-order valence-electron chi connectivity index (χ1n) is 8.04. The zero-order chi connectivity index (χ0) is 17.1. The molecule has 1 aromatic carbocycles. The van der Waals surface area contributed by atoms with Gasteiger partial charge >= 0.3 is 0 Å². The molecule has 0 bridgehead atoms. The second kappa shape index (κ2) is 7.11. The molecule has 3 rings (SSSR count). The lowest BCUT2D eigenvalue weighted by atomic mass is 9.94. The van der Waals surface area contributed by atoms with Crippen LogP contribution in [0.1, 0.15) is 46.6 Å². The van der Waals surface area contributed by atoms with Gasteiger partial charge in [-0.2, -0.15) is 5.10 Å². The van der Waals surface area contributed by atoms with Crippen molar-refractivity contribution >= 4 is 5.91 Å². The molecule has 0 aliphatic carbocycles.